The first-order valence-corrected chi connectivity index (χ1v) is 9.58. The molecule has 1 heterocycles. The van der Waals surface area contributed by atoms with Crippen LogP contribution in [0.15, 0.2) is 65.1 Å². The molecule has 1 aliphatic heterocycles. The minimum atomic E-state index is -3.40. The Balaban J connectivity index is 2.20. The van der Waals surface area contributed by atoms with Gasteiger partial charge in [0, 0.05) is 17.4 Å². The maximum absolute atomic E-state index is 13.2. The number of rotatable bonds is 4. The van der Waals surface area contributed by atoms with Crippen molar-refractivity contribution in [3.05, 3.63) is 77.1 Å². The normalized spacial score (nSPS) is 14.6. The summed E-state index contributed by atoms with van der Waals surface area (Å²) in [4.78, 5) is 23.5. The second kappa shape index (κ2) is 6.81. The Morgan fingerprint density at radius 1 is 1.00 bits per heavy atom. The van der Waals surface area contributed by atoms with E-state index in [4.69, 9.17) is 0 Å². The topological polar surface area (TPSA) is 103 Å². The lowest BCUT2D eigenvalue weighted by molar-refractivity contribution is -0.134. The molecule has 2 aromatic carbocycles. The smallest absolute Gasteiger partial charge is 0.341 e. The predicted octanol–water partition coefficient (Wildman–Crippen LogP) is 2.25. The zero-order chi connectivity index (χ0) is 19.8. The Hall–Kier alpha value is -3.26. The van der Waals surface area contributed by atoms with E-state index in [1.54, 1.807) is 0 Å². The van der Waals surface area contributed by atoms with E-state index in [2.05, 4.69) is 5.32 Å². The fourth-order valence-electron chi connectivity index (χ4n) is 2.58. The quantitative estimate of drug-likeness (QED) is 0.812. The van der Waals surface area contributed by atoms with Gasteiger partial charge in [-0.2, -0.15) is 0 Å². The molecule has 0 spiro atoms. The Kier molecular flexibility index (Phi) is 4.67. The summed E-state index contributed by atoms with van der Waals surface area (Å²) < 4.78 is 36.5. The SMILES string of the molecule is CS(=O)(=O)c1ccc(C2=C(c3ccc(F)cc3)C=C(C(=O)O)C(=O)[N]2)cc1. The highest BCUT2D eigenvalue weighted by Gasteiger charge is 2.28. The Morgan fingerprint density at radius 2 is 1.56 bits per heavy atom. The molecule has 0 saturated carbocycles. The molecule has 3 rings (SSSR count). The van der Waals surface area contributed by atoms with Crippen molar-refractivity contribution in [2.45, 2.75) is 4.90 Å². The van der Waals surface area contributed by atoms with Gasteiger partial charge in [-0.15, -0.1) is 0 Å². The Labute approximate surface area is 154 Å². The molecule has 0 bridgehead atoms. The van der Waals surface area contributed by atoms with Crippen LogP contribution in [0.3, 0.4) is 0 Å². The van der Waals surface area contributed by atoms with Crippen LogP contribution in [0.4, 0.5) is 4.39 Å². The molecule has 27 heavy (non-hydrogen) atoms. The summed E-state index contributed by atoms with van der Waals surface area (Å²) in [7, 11) is -3.40. The largest absolute Gasteiger partial charge is 0.477 e. The lowest BCUT2D eigenvalue weighted by Gasteiger charge is -2.18. The number of halogens is 1. The molecule has 0 unspecified atom stereocenters. The second-order valence-electron chi connectivity index (χ2n) is 5.85. The third kappa shape index (κ3) is 3.80. The number of amides is 1. The van der Waals surface area contributed by atoms with Crippen LogP contribution in [0.5, 0.6) is 0 Å². The van der Waals surface area contributed by atoms with E-state index in [1.807, 2.05) is 0 Å². The van der Waals surface area contributed by atoms with Crippen LogP contribution in [0.2, 0.25) is 0 Å². The summed E-state index contributed by atoms with van der Waals surface area (Å²) in [6.07, 6.45) is 2.26. The van der Waals surface area contributed by atoms with Crippen molar-refractivity contribution in [3.8, 4) is 0 Å². The summed E-state index contributed by atoms with van der Waals surface area (Å²) in [5.74, 6) is -2.81. The zero-order valence-corrected chi connectivity index (χ0v) is 14.8. The number of carboxylic acid groups (broad SMARTS) is 1. The van der Waals surface area contributed by atoms with Gasteiger partial charge in [-0.3, -0.25) is 4.79 Å². The summed E-state index contributed by atoms with van der Waals surface area (Å²) in [6.45, 7) is 0. The number of hydrogen-bond donors (Lipinski definition) is 1. The van der Waals surface area contributed by atoms with E-state index in [0.717, 1.165) is 6.26 Å². The molecule has 0 aliphatic carbocycles. The predicted molar refractivity (Wildman–Crippen MR) is 95.6 cm³/mol. The monoisotopic (exact) mass is 386 g/mol. The first kappa shape index (κ1) is 18.5. The van der Waals surface area contributed by atoms with Gasteiger partial charge in [0.25, 0.3) is 5.91 Å². The van der Waals surface area contributed by atoms with Gasteiger partial charge in [0.15, 0.2) is 9.84 Å². The third-order valence-corrected chi connectivity index (χ3v) is 5.06. The Morgan fingerprint density at radius 3 is 2.07 bits per heavy atom. The number of carboxylic acids is 1. The van der Waals surface area contributed by atoms with Crippen molar-refractivity contribution in [1.29, 1.82) is 0 Å². The van der Waals surface area contributed by atoms with Gasteiger partial charge in [-0.25, -0.2) is 22.9 Å². The first-order valence-electron chi connectivity index (χ1n) is 7.68. The number of carbonyl (C=O) groups is 2. The molecule has 0 fully saturated rings. The standard InChI is InChI=1S/C19H13FNO5S/c1-27(25,26)14-8-4-12(5-9-14)17-15(11-2-6-13(20)7-3-11)10-16(19(23)24)18(22)21-17/h2-10H,1H3,(H,23,24). The molecule has 6 nitrogen and oxygen atoms in total. The number of nitrogens with zero attached hydrogens (tertiary/aromatic N) is 1. The number of aliphatic carboxylic acids is 1. The molecule has 1 radical (unpaired) electrons. The molecule has 8 heteroatoms. The fourth-order valence-corrected chi connectivity index (χ4v) is 3.21. The first-order chi connectivity index (χ1) is 12.7. The van der Waals surface area contributed by atoms with Crippen LogP contribution >= 0.6 is 0 Å². The van der Waals surface area contributed by atoms with Gasteiger partial charge in [-0.1, -0.05) is 24.3 Å². The van der Waals surface area contributed by atoms with Crippen LogP contribution < -0.4 is 5.32 Å². The minimum Gasteiger partial charge on any atom is -0.477 e. The number of benzene rings is 2. The van der Waals surface area contributed by atoms with Crippen molar-refractivity contribution in [2.24, 2.45) is 0 Å². The van der Waals surface area contributed by atoms with Crippen molar-refractivity contribution in [2.75, 3.05) is 6.26 Å². The van der Waals surface area contributed by atoms with E-state index >= 15 is 0 Å². The molecule has 137 valence electrons. The van der Waals surface area contributed by atoms with E-state index in [-0.39, 0.29) is 10.6 Å². The maximum atomic E-state index is 13.2. The van der Waals surface area contributed by atoms with Gasteiger partial charge in [0.1, 0.15) is 11.4 Å². The molecular weight excluding hydrogens is 373 g/mol. The van der Waals surface area contributed by atoms with E-state index in [9.17, 15) is 27.5 Å². The van der Waals surface area contributed by atoms with Gasteiger partial charge < -0.3 is 5.11 Å². The summed E-state index contributed by atoms with van der Waals surface area (Å²) in [5, 5.41) is 13.1. The number of carbonyl (C=O) groups excluding carboxylic acids is 1. The molecule has 2 aromatic rings. The zero-order valence-electron chi connectivity index (χ0n) is 14.0. The Bertz CT molecular complexity index is 1100. The molecule has 0 atom stereocenters. The molecule has 1 N–H and O–H groups in total. The van der Waals surface area contributed by atoms with Gasteiger partial charge in [-0.05, 0) is 35.9 Å². The molecule has 0 saturated heterocycles. The minimum absolute atomic E-state index is 0.0964. The fraction of sp³-hybridized carbons (Fsp3) is 0.0526. The molecule has 1 amide bonds. The van der Waals surface area contributed by atoms with Crippen LogP contribution in [-0.4, -0.2) is 31.7 Å². The van der Waals surface area contributed by atoms with Crippen molar-refractivity contribution in [3.63, 3.8) is 0 Å². The maximum Gasteiger partial charge on any atom is 0.341 e. The summed E-state index contributed by atoms with van der Waals surface area (Å²) >= 11 is 0. The van der Waals surface area contributed by atoms with Gasteiger partial charge >= 0.3 is 5.97 Å². The van der Waals surface area contributed by atoms with Crippen LogP contribution in [0.25, 0.3) is 11.3 Å². The summed E-state index contributed by atoms with van der Waals surface area (Å²) in [6, 6.07) is 11.0. The van der Waals surface area contributed by atoms with Crippen LogP contribution in [-0.2, 0) is 19.4 Å². The van der Waals surface area contributed by atoms with Crippen LogP contribution in [0.1, 0.15) is 11.1 Å². The molecule has 0 aromatic heterocycles. The summed E-state index contributed by atoms with van der Waals surface area (Å²) in [5.41, 5.74) is 0.881. The average molecular weight is 386 g/mol. The van der Waals surface area contributed by atoms with Gasteiger partial charge in [0.05, 0.1) is 10.6 Å². The van der Waals surface area contributed by atoms with Crippen molar-refractivity contribution >= 4 is 33.0 Å². The second-order valence-corrected chi connectivity index (χ2v) is 7.86. The molecular formula is C19H13FNO5S. The third-order valence-electron chi connectivity index (χ3n) is 3.93. The van der Waals surface area contributed by atoms with Crippen LogP contribution in [0, 0.1) is 5.82 Å². The van der Waals surface area contributed by atoms with E-state index < -0.39 is 33.1 Å². The number of allylic oxidation sites excluding steroid dienone is 2. The average Bonchev–Trinajstić information content (AvgIpc) is 2.61. The highest BCUT2D eigenvalue weighted by atomic mass is 32.2. The highest BCUT2D eigenvalue weighted by Crippen LogP contribution is 2.32. The van der Waals surface area contributed by atoms with Crippen molar-refractivity contribution < 1.29 is 27.5 Å². The van der Waals surface area contributed by atoms with Gasteiger partial charge in [0.2, 0.25) is 0 Å². The highest BCUT2D eigenvalue weighted by molar-refractivity contribution is 7.90. The lowest BCUT2D eigenvalue weighted by atomic mass is 9.94. The molecule has 1 aliphatic rings. The number of hydrogen-bond acceptors (Lipinski definition) is 4. The van der Waals surface area contributed by atoms with E-state index in [1.165, 1.54) is 54.6 Å². The van der Waals surface area contributed by atoms with Crippen molar-refractivity contribution in [1.82, 2.24) is 5.32 Å². The van der Waals surface area contributed by atoms with E-state index in [0.29, 0.717) is 16.7 Å². The number of sulfone groups is 1. The lowest BCUT2D eigenvalue weighted by Crippen LogP contribution is -2.25.